The normalized spacial score (nSPS) is 21.1. The molecule has 1 aliphatic heterocycles. The molecule has 4 amide bonds. The number of nitrogens with one attached hydrogen (secondary N) is 3. The summed E-state index contributed by atoms with van der Waals surface area (Å²) >= 11 is 0. The van der Waals surface area contributed by atoms with Crippen molar-refractivity contribution >= 4 is 35.3 Å². The Morgan fingerprint density at radius 3 is 2.13 bits per heavy atom. The Balaban J connectivity index is 1.66. The first-order valence-corrected chi connectivity index (χ1v) is 19.3. The number of anilines is 1. The molecule has 1 saturated heterocycles. The summed E-state index contributed by atoms with van der Waals surface area (Å²) in [6, 6.07) is 2.56. The maximum Gasteiger partial charge on any atom is 0.403 e. The zero-order valence-corrected chi connectivity index (χ0v) is 31.9. The maximum atomic E-state index is 14.3. The van der Waals surface area contributed by atoms with E-state index >= 15 is 0 Å². The summed E-state index contributed by atoms with van der Waals surface area (Å²) in [5, 5.41) is 8.20. The Morgan fingerprint density at radius 1 is 0.943 bits per heavy atom. The molecule has 14 heteroatoms. The van der Waals surface area contributed by atoms with Crippen LogP contribution in [0.15, 0.2) is 24.3 Å². The average Bonchev–Trinajstić information content (AvgIpc) is 3.39. The second-order valence-corrected chi connectivity index (χ2v) is 15.4. The van der Waals surface area contributed by atoms with Crippen molar-refractivity contribution in [3.05, 3.63) is 29.8 Å². The molecule has 1 aromatic carbocycles. The average molecular weight is 752 g/mol. The van der Waals surface area contributed by atoms with Gasteiger partial charge in [0.25, 0.3) is 0 Å². The van der Waals surface area contributed by atoms with Gasteiger partial charge in [0.15, 0.2) is 0 Å². The van der Waals surface area contributed by atoms with E-state index in [9.17, 15) is 37.1 Å². The lowest BCUT2D eigenvalue weighted by Crippen LogP contribution is -2.58. The predicted octanol–water partition coefficient (Wildman–Crippen LogP) is 5.85. The highest BCUT2D eigenvalue weighted by Crippen LogP contribution is 2.32. The van der Waals surface area contributed by atoms with Gasteiger partial charge in [0.2, 0.25) is 23.6 Å². The van der Waals surface area contributed by atoms with E-state index in [-0.39, 0.29) is 68.0 Å². The molecule has 0 bridgehead atoms. The first-order chi connectivity index (χ1) is 25.0. The van der Waals surface area contributed by atoms with Crippen molar-refractivity contribution in [2.75, 3.05) is 18.4 Å². The van der Waals surface area contributed by atoms with E-state index in [4.69, 9.17) is 10.5 Å². The Labute approximate surface area is 312 Å². The maximum absolute atomic E-state index is 14.3. The Bertz CT molecular complexity index is 1360. The lowest BCUT2D eigenvalue weighted by molar-refractivity contribution is -0.161. The number of unbranched alkanes of at least 4 members (excludes halogenated alkanes) is 2. The number of benzene rings is 1. The smallest absolute Gasteiger partial charge is 0.403 e. The first-order valence-electron chi connectivity index (χ1n) is 19.3. The molecule has 2 fully saturated rings. The van der Waals surface area contributed by atoms with Crippen LogP contribution in [0.4, 0.5) is 18.9 Å². The molecule has 0 aromatic heterocycles. The summed E-state index contributed by atoms with van der Waals surface area (Å²) in [7, 11) is 0. The Morgan fingerprint density at radius 2 is 1.58 bits per heavy atom. The van der Waals surface area contributed by atoms with Gasteiger partial charge in [-0.05, 0) is 80.5 Å². The van der Waals surface area contributed by atoms with Gasteiger partial charge in [0.05, 0.1) is 12.0 Å². The van der Waals surface area contributed by atoms with Crippen molar-refractivity contribution < 1.29 is 41.9 Å². The molecule has 0 radical (unpaired) electrons. The number of esters is 1. The summed E-state index contributed by atoms with van der Waals surface area (Å²) < 4.78 is 48.2. The number of carbonyl (C=O) groups is 5. The lowest BCUT2D eigenvalue weighted by Gasteiger charge is -2.33. The summed E-state index contributed by atoms with van der Waals surface area (Å²) in [6.07, 6.45) is 0.541. The molecule has 4 atom stereocenters. The minimum atomic E-state index is -4.64. The van der Waals surface area contributed by atoms with Crippen LogP contribution in [0.5, 0.6) is 0 Å². The summed E-state index contributed by atoms with van der Waals surface area (Å²) in [6.45, 7) is 9.48. The number of carbonyl (C=O) groups excluding carboxylic acids is 5. The van der Waals surface area contributed by atoms with Crippen molar-refractivity contribution in [1.29, 1.82) is 0 Å². The van der Waals surface area contributed by atoms with Crippen LogP contribution in [0.2, 0.25) is 0 Å². The van der Waals surface area contributed by atoms with Gasteiger partial charge in [-0.15, -0.1) is 0 Å². The Hall–Kier alpha value is -3.52. The van der Waals surface area contributed by atoms with Gasteiger partial charge in [-0.1, -0.05) is 72.4 Å². The molecular weight excluding hydrogens is 691 g/mol. The molecule has 53 heavy (non-hydrogen) atoms. The molecule has 1 heterocycles. The third kappa shape index (κ3) is 13.7. The lowest BCUT2D eigenvalue weighted by atomic mass is 9.79. The van der Waals surface area contributed by atoms with E-state index < -0.39 is 42.0 Å². The van der Waals surface area contributed by atoms with Gasteiger partial charge in [-0.25, -0.2) is 0 Å². The molecule has 0 spiro atoms. The van der Waals surface area contributed by atoms with Crippen LogP contribution in [-0.2, 0) is 35.3 Å². The number of nitrogens with two attached hydrogens (primary N) is 1. The summed E-state index contributed by atoms with van der Waals surface area (Å²) in [5.41, 5.74) is 7.06. The molecular formula is C39H60F3N5O6. The number of likely N-dealkylation sites (tertiary alicyclic amines) is 1. The van der Waals surface area contributed by atoms with Crippen LogP contribution < -0.4 is 21.7 Å². The number of alkyl halides is 3. The van der Waals surface area contributed by atoms with Gasteiger partial charge in [0.1, 0.15) is 18.7 Å². The fraction of sp³-hybridized carbons (Fsp3) is 0.718. The highest BCUT2D eigenvalue weighted by Gasteiger charge is 2.42. The van der Waals surface area contributed by atoms with Crippen molar-refractivity contribution in [2.45, 2.75) is 136 Å². The molecule has 4 unspecified atom stereocenters. The van der Waals surface area contributed by atoms with E-state index in [0.29, 0.717) is 43.8 Å². The van der Waals surface area contributed by atoms with Gasteiger partial charge in [-0.3, -0.25) is 34.2 Å². The van der Waals surface area contributed by atoms with Crippen molar-refractivity contribution in [3.8, 4) is 0 Å². The van der Waals surface area contributed by atoms with Crippen LogP contribution in [0.3, 0.4) is 0 Å². The fourth-order valence-electron chi connectivity index (χ4n) is 6.99. The van der Waals surface area contributed by atoms with Crippen LogP contribution >= 0.6 is 0 Å². The van der Waals surface area contributed by atoms with Crippen molar-refractivity contribution in [3.63, 3.8) is 0 Å². The highest BCUT2D eigenvalue weighted by atomic mass is 19.4. The minimum absolute atomic E-state index is 0.0813. The van der Waals surface area contributed by atoms with Crippen LogP contribution in [-0.4, -0.2) is 71.9 Å². The van der Waals surface area contributed by atoms with E-state index in [1.807, 2.05) is 6.92 Å². The van der Waals surface area contributed by atoms with E-state index in [1.165, 1.54) is 4.90 Å². The second kappa shape index (κ2) is 20.8. The zero-order valence-electron chi connectivity index (χ0n) is 31.9. The number of amides is 4. The molecule has 1 aliphatic carbocycles. The molecule has 5 N–H and O–H groups in total. The number of rotatable bonds is 20. The molecule has 2 aliphatic rings. The largest absolute Gasteiger partial charge is 0.461 e. The number of imide groups is 1. The molecule has 1 aromatic rings. The Kier molecular flexibility index (Phi) is 17.2. The SMILES string of the molecule is CCC1CC(=O)N(CCCCCC(NC(C(=O)NC(CC2CCC(CN)CC2)C(=O)Nc2ccc(COC(=O)C(C)C)cc2)C(C)C)C(F)(F)F)C1=O. The van der Waals surface area contributed by atoms with E-state index in [1.54, 1.807) is 52.0 Å². The van der Waals surface area contributed by atoms with Crippen molar-refractivity contribution in [1.82, 2.24) is 15.5 Å². The number of halogens is 3. The number of hydrogen-bond donors (Lipinski definition) is 4. The van der Waals surface area contributed by atoms with Crippen LogP contribution in [0, 0.1) is 29.6 Å². The number of ether oxygens (including phenoxy) is 1. The fourth-order valence-corrected chi connectivity index (χ4v) is 6.99. The number of nitrogens with zero attached hydrogens (tertiary/aromatic N) is 1. The highest BCUT2D eigenvalue weighted by molar-refractivity contribution is 6.03. The third-order valence-corrected chi connectivity index (χ3v) is 10.5. The summed E-state index contributed by atoms with van der Waals surface area (Å²) in [5.74, 6) is -2.53. The summed E-state index contributed by atoms with van der Waals surface area (Å²) in [4.78, 5) is 65.1. The monoisotopic (exact) mass is 751 g/mol. The molecule has 298 valence electrons. The second-order valence-electron chi connectivity index (χ2n) is 15.4. The van der Waals surface area contributed by atoms with E-state index in [2.05, 4.69) is 16.0 Å². The number of hydrogen-bond acceptors (Lipinski definition) is 8. The minimum Gasteiger partial charge on any atom is -0.461 e. The third-order valence-electron chi connectivity index (χ3n) is 10.5. The topological polar surface area (TPSA) is 160 Å². The van der Waals surface area contributed by atoms with Crippen LogP contribution in [0.25, 0.3) is 0 Å². The zero-order chi connectivity index (χ0) is 39.3. The quantitative estimate of drug-likeness (QED) is 0.0733. The molecule has 11 nitrogen and oxygen atoms in total. The standard InChI is InChI=1S/C39H60F3N5O6/c1-6-29-21-33(48)47(37(29)51)19-9-7-8-10-32(39(40,41)42)46-34(24(2)3)36(50)45-31(20-26-11-13-27(22-43)14-12-26)35(49)44-30-17-15-28(16-18-30)23-53-38(52)25(4)5/h15-18,24-27,29,31-32,34,46H,6-14,19-23,43H2,1-5H3,(H,44,49)(H,45,50). The molecule has 3 rings (SSSR count). The van der Waals surface area contributed by atoms with Gasteiger partial charge >= 0.3 is 12.1 Å². The van der Waals surface area contributed by atoms with Crippen molar-refractivity contribution in [2.24, 2.45) is 35.3 Å². The molecule has 1 saturated carbocycles. The first kappa shape index (κ1) is 43.9. The van der Waals surface area contributed by atoms with Gasteiger partial charge < -0.3 is 21.1 Å². The van der Waals surface area contributed by atoms with Crippen LogP contribution in [0.1, 0.15) is 111 Å². The van der Waals surface area contributed by atoms with Gasteiger partial charge in [0, 0.05) is 24.6 Å². The van der Waals surface area contributed by atoms with E-state index in [0.717, 1.165) is 31.2 Å². The van der Waals surface area contributed by atoms with Gasteiger partial charge in [-0.2, -0.15) is 13.2 Å². The predicted molar refractivity (Wildman–Crippen MR) is 196 cm³/mol.